The Morgan fingerprint density at radius 1 is 1.22 bits per heavy atom. The summed E-state index contributed by atoms with van der Waals surface area (Å²) in [6, 6.07) is 10.7. The molecule has 1 aliphatic heterocycles. The molecule has 0 radical (unpaired) electrons. The Hall–Kier alpha value is -3.44. The van der Waals surface area contributed by atoms with Crippen LogP contribution in [0.15, 0.2) is 48.7 Å². The lowest BCUT2D eigenvalue weighted by atomic mass is 10.1. The van der Waals surface area contributed by atoms with Crippen LogP contribution in [0.25, 0.3) is 15.7 Å². The van der Waals surface area contributed by atoms with Crippen LogP contribution in [0.3, 0.4) is 0 Å². The van der Waals surface area contributed by atoms with Crippen molar-refractivity contribution in [2.75, 3.05) is 6.54 Å². The van der Waals surface area contributed by atoms with Crippen molar-refractivity contribution in [1.29, 1.82) is 0 Å². The van der Waals surface area contributed by atoms with Gasteiger partial charge in [-0.2, -0.15) is 0 Å². The van der Waals surface area contributed by atoms with Crippen LogP contribution in [0.4, 0.5) is 14.5 Å². The second-order valence-electron chi connectivity index (χ2n) is 7.60. The zero-order chi connectivity index (χ0) is 22.8. The number of amides is 2. The van der Waals surface area contributed by atoms with Gasteiger partial charge >= 0.3 is 0 Å². The summed E-state index contributed by atoms with van der Waals surface area (Å²) in [6.45, 7) is 6.87. The lowest BCUT2D eigenvalue weighted by molar-refractivity contribution is -0.139. The van der Waals surface area contributed by atoms with Crippen molar-refractivity contribution in [3.05, 3.63) is 76.5 Å². The normalized spacial score (nSPS) is 18.0. The maximum absolute atomic E-state index is 14.2. The molecule has 2 heterocycles. The van der Waals surface area contributed by atoms with Crippen LogP contribution in [0.2, 0.25) is 5.02 Å². The molecule has 2 atom stereocenters. The van der Waals surface area contributed by atoms with Crippen molar-refractivity contribution in [2.45, 2.75) is 31.7 Å². The first-order chi connectivity index (χ1) is 15.4. The maximum atomic E-state index is 14.2. The second-order valence-corrected chi connectivity index (χ2v) is 8.00. The second kappa shape index (κ2) is 8.97. The monoisotopic (exact) mass is 456 g/mol. The molecule has 0 spiro atoms. The fourth-order valence-electron chi connectivity index (χ4n) is 3.98. The number of alkyl halides is 1. The molecule has 2 amide bonds. The molecule has 1 N–H and O–H groups in total. The molecular formula is C23H19ClF2N4O2. The number of carbonyl (C=O) groups excluding carboxylic acids is 2. The molecule has 1 aliphatic rings. The number of nitrogens with zero attached hydrogens (tertiary/aromatic N) is 3. The number of hydrogen-bond donors (Lipinski definition) is 1. The molecule has 6 nitrogen and oxygen atoms in total. The molecule has 0 bridgehead atoms. The first-order valence-electron chi connectivity index (χ1n) is 9.98. The van der Waals surface area contributed by atoms with Gasteiger partial charge in [0.2, 0.25) is 17.5 Å². The summed E-state index contributed by atoms with van der Waals surface area (Å²) in [5, 5.41) is 3.24. The van der Waals surface area contributed by atoms with Gasteiger partial charge in [-0.3, -0.25) is 9.59 Å². The molecule has 0 saturated carbocycles. The lowest BCUT2D eigenvalue weighted by Gasteiger charge is -2.24. The van der Waals surface area contributed by atoms with Gasteiger partial charge in [-0.15, -0.1) is 0 Å². The summed E-state index contributed by atoms with van der Waals surface area (Å²) in [6.07, 6.45) is 0.114. The topological polar surface area (TPSA) is 58.7 Å². The van der Waals surface area contributed by atoms with Gasteiger partial charge in [-0.05, 0) is 12.1 Å². The zero-order valence-corrected chi connectivity index (χ0v) is 17.6. The van der Waals surface area contributed by atoms with Gasteiger partial charge < -0.3 is 14.8 Å². The third-order valence-electron chi connectivity index (χ3n) is 5.55. The van der Waals surface area contributed by atoms with Gasteiger partial charge in [0.05, 0.1) is 18.1 Å². The molecule has 32 heavy (non-hydrogen) atoms. The molecule has 2 aromatic carbocycles. The van der Waals surface area contributed by atoms with Crippen LogP contribution >= 0.6 is 11.6 Å². The summed E-state index contributed by atoms with van der Waals surface area (Å²) >= 11 is 5.76. The minimum absolute atomic E-state index is 0.0593. The summed E-state index contributed by atoms with van der Waals surface area (Å²) in [4.78, 5) is 30.4. The number of aromatic nitrogens is 1. The molecule has 164 valence electrons. The van der Waals surface area contributed by atoms with E-state index in [9.17, 15) is 18.4 Å². The summed E-state index contributed by atoms with van der Waals surface area (Å²) in [7, 11) is 0. The van der Waals surface area contributed by atoms with E-state index in [1.54, 1.807) is 41.1 Å². The highest BCUT2D eigenvalue weighted by molar-refractivity contribution is 6.30. The van der Waals surface area contributed by atoms with Crippen molar-refractivity contribution >= 4 is 40.0 Å². The molecule has 1 aromatic heterocycles. The number of carbonyl (C=O) groups is 2. The SMILES string of the molecule is [C-]#[N+]c1cn(CC(=O)N2C[C@H](F)C[C@H]2C(=O)NCc2cccc(Cl)c2F)c2ccccc12. The molecule has 3 aromatic rings. The standard InChI is InChI=1S/C23H19ClF2N4O2/c1-27-18-12-29(19-8-3-2-6-16(18)19)13-21(31)30-11-15(25)9-20(30)23(32)28-10-14-5-4-7-17(24)22(14)26/h2-8,12,15,20H,9-11,13H2,(H,28,32)/t15-,20+/m1/s1. The van der Waals surface area contributed by atoms with Crippen molar-refractivity contribution < 1.29 is 18.4 Å². The quantitative estimate of drug-likeness (QED) is 0.584. The summed E-state index contributed by atoms with van der Waals surface area (Å²) < 4.78 is 29.9. The zero-order valence-electron chi connectivity index (χ0n) is 16.9. The molecular weight excluding hydrogens is 438 g/mol. The average molecular weight is 457 g/mol. The number of likely N-dealkylation sites (tertiary alicyclic amines) is 1. The Kier molecular flexibility index (Phi) is 6.10. The average Bonchev–Trinajstić information content (AvgIpc) is 3.35. The molecule has 0 aliphatic carbocycles. The summed E-state index contributed by atoms with van der Waals surface area (Å²) in [5.41, 5.74) is 1.32. The van der Waals surface area contributed by atoms with Crippen LogP contribution in [0.1, 0.15) is 12.0 Å². The van der Waals surface area contributed by atoms with E-state index in [4.69, 9.17) is 18.2 Å². The van der Waals surface area contributed by atoms with E-state index >= 15 is 0 Å². The van der Waals surface area contributed by atoms with E-state index in [0.29, 0.717) is 11.2 Å². The minimum Gasteiger partial charge on any atom is -0.350 e. The van der Waals surface area contributed by atoms with Crippen LogP contribution in [-0.4, -0.2) is 40.0 Å². The van der Waals surface area contributed by atoms with E-state index in [1.807, 2.05) is 0 Å². The number of benzene rings is 2. The Labute approximate surface area is 188 Å². The number of fused-ring (bicyclic) bond motifs is 1. The Morgan fingerprint density at radius 2 is 2.00 bits per heavy atom. The maximum Gasteiger partial charge on any atom is 0.243 e. The van der Waals surface area contributed by atoms with Crippen molar-refractivity contribution in [1.82, 2.24) is 14.8 Å². The van der Waals surface area contributed by atoms with Crippen molar-refractivity contribution in [3.8, 4) is 0 Å². The Balaban J connectivity index is 1.49. The smallest absolute Gasteiger partial charge is 0.243 e. The fraction of sp³-hybridized carbons (Fsp3) is 0.261. The van der Waals surface area contributed by atoms with Gasteiger partial charge in [0.1, 0.15) is 24.6 Å². The highest BCUT2D eigenvalue weighted by Gasteiger charge is 2.39. The Morgan fingerprint density at radius 3 is 2.78 bits per heavy atom. The third-order valence-corrected chi connectivity index (χ3v) is 5.84. The number of nitrogens with one attached hydrogen (secondary N) is 1. The van der Waals surface area contributed by atoms with Gasteiger partial charge in [0, 0.05) is 35.6 Å². The van der Waals surface area contributed by atoms with Crippen LogP contribution < -0.4 is 5.32 Å². The third kappa shape index (κ3) is 4.16. The van der Waals surface area contributed by atoms with E-state index in [-0.39, 0.29) is 36.6 Å². The van der Waals surface area contributed by atoms with Crippen molar-refractivity contribution in [2.24, 2.45) is 0 Å². The number of hydrogen-bond acceptors (Lipinski definition) is 2. The van der Waals surface area contributed by atoms with E-state index in [0.717, 1.165) is 5.39 Å². The number of rotatable bonds is 5. The highest BCUT2D eigenvalue weighted by Crippen LogP contribution is 2.29. The molecule has 0 unspecified atom stereocenters. The first kappa shape index (κ1) is 21.8. The van der Waals surface area contributed by atoms with Gasteiger partial charge in [0.25, 0.3) is 0 Å². The summed E-state index contributed by atoms with van der Waals surface area (Å²) in [5.74, 6) is -1.62. The van der Waals surface area contributed by atoms with Crippen LogP contribution in [0.5, 0.6) is 0 Å². The molecule has 1 fully saturated rings. The predicted molar refractivity (Wildman–Crippen MR) is 116 cm³/mol. The van der Waals surface area contributed by atoms with Gasteiger partial charge in [-0.1, -0.05) is 41.9 Å². The van der Waals surface area contributed by atoms with Crippen molar-refractivity contribution in [3.63, 3.8) is 0 Å². The van der Waals surface area contributed by atoms with E-state index in [1.165, 1.54) is 17.0 Å². The minimum atomic E-state index is -1.34. The molecule has 4 rings (SSSR count). The number of para-hydroxylation sites is 1. The molecule has 1 saturated heterocycles. The molecule has 9 heteroatoms. The first-order valence-corrected chi connectivity index (χ1v) is 10.4. The van der Waals surface area contributed by atoms with Crippen LogP contribution in [-0.2, 0) is 22.7 Å². The predicted octanol–water partition coefficient (Wildman–Crippen LogP) is 4.24. The largest absolute Gasteiger partial charge is 0.350 e. The lowest BCUT2D eigenvalue weighted by Crippen LogP contribution is -2.46. The van der Waals surface area contributed by atoms with Gasteiger partial charge in [-0.25, -0.2) is 13.6 Å². The number of halogens is 3. The fourth-order valence-corrected chi connectivity index (χ4v) is 4.17. The Bertz CT molecular complexity index is 1240. The van der Waals surface area contributed by atoms with Gasteiger partial charge in [0.15, 0.2) is 0 Å². The van der Waals surface area contributed by atoms with E-state index in [2.05, 4.69) is 10.2 Å². The highest BCUT2D eigenvalue weighted by atomic mass is 35.5. The van der Waals surface area contributed by atoms with E-state index < -0.39 is 29.8 Å². The van der Waals surface area contributed by atoms with Crippen LogP contribution in [0, 0.1) is 12.4 Å².